The number of imide groups is 1. The summed E-state index contributed by atoms with van der Waals surface area (Å²) in [7, 11) is 0. The number of nitrogens with zero attached hydrogens (tertiary/aromatic N) is 1. The van der Waals surface area contributed by atoms with E-state index in [4.69, 9.17) is 15.2 Å². The second-order valence-corrected chi connectivity index (χ2v) is 6.60. The molecule has 7 heteroatoms. The Kier molecular flexibility index (Phi) is 6.86. The first-order valence-corrected chi connectivity index (χ1v) is 9.60. The molecule has 0 atom stereocenters. The number of primary amides is 1. The summed E-state index contributed by atoms with van der Waals surface area (Å²) in [5.74, 6) is 0.140. The van der Waals surface area contributed by atoms with Gasteiger partial charge in [-0.05, 0) is 53.1 Å². The molecular weight excluding hydrogens is 394 g/mol. The molecule has 156 valence electrons. The third-order valence-corrected chi connectivity index (χ3v) is 4.39. The molecule has 0 aliphatic heterocycles. The molecule has 3 N–H and O–H groups in total. The molecule has 31 heavy (non-hydrogen) atoms. The standard InChI is InChI=1S/C24H21N3O4/c1-2-30-22-13-16(11-20(14-25)23(28)27-24(26)29)8-10-21(22)31-15-17-7-9-18-5-3-4-6-19(18)12-17/h3-13H,2,15H2,1H3,(H3,26,27,28,29)/b20-11-. The molecule has 3 aromatic rings. The summed E-state index contributed by atoms with van der Waals surface area (Å²) in [6, 6.07) is 20.0. The maximum Gasteiger partial charge on any atom is 0.319 e. The summed E-state index contributed by atoms with van der Waals surface area (Å²) in [4.78, 5) is 22.7. The smallest absolute Gasteiger partial charge is 0.319 e. The van der Waals surface area contributed by atoms with Gasteiger partial charge in [-0.2, -0.15) is 5.26 Å². The Morgan fingerprint density at radius 2 is 1.81 bits per heavy atom. The Morgan fingerprint density at radius 3 is 2.52 bits per heavy atom. The highest BCUT2D eigenvalue weighted by atomic mass is 16.5. The van der Waals surface area contributed by atoms with Crippen LogP contribution in [0.2, 0.25) is 0 Å². The molecule has 0 unspecified atom stereocenters. The van der Waals surface area contributed by atoms with E-state index >= 15 is 0 Å². The predicted octanol–water partition coefficient (Wildman–Crippen LogP) is 3.92. The molecule has 7 nitrogen and oxygen atoms in total. The van der Waals surface area contributed by atoms with Gasteiger partial charge < -0.3 is 15.2 Å². The molecule has 3 rings (SSSR count). The number of carbonyl (C=O) groups is 2. The number of benzene rings is 3. The second kappa shape index (κ2) is 9.94. The van der Waals surface area contributed by atoms with Crippen molar-refractivity contribution in [3.63, 3.8) is 0 Å². The van der Waals surface area contributed by atoms with E-state index in [1.54, 1.807) is 24.3 Å². The van der Waals surface area contributed by atoms with Crippen LogP contribution < -0.4 is 20.5 Å². The van der Waals surface area contributed by atoms with E-state index in [2.05, 4.69) is 12.1 Å². The Bertz CT molecular complexity index is 1190. The summed E-state index contributed by atoms with van der Waals surface area (Å²) in [6.45, 7) is 2.61. The van der Waals surface area contributed by atoms with Crippen molar-refractivity contribution in [1.29, 1.82) is 5.26 Å². The van der Waals surface area contributed by atoms with Crippen LogP contribution in [-0.4, -0.2) is 18.5 Å². The molecule has 0 spiro atoms. The number of nitrogens with one attached hydrogen (secondary N) is 1. The number of rotatable bonds is 7. The summed E-state index contributed by atoms with van der Waals surface area (Å²) >= 11 is 0. The van der Waals surface area contributed by atoms with Gasteiger partial charge in [-0.25, -0.2) is 4.79 Å². The van der Waals surface area contributed by atoms with Gasteiger partial charge >= 0.3 is 6.03 Å². The Balaban J connectivity index is 1.80. The van der Waals surface area contributed by atoms with Crippen molar-refractivity contribution in [2.75, 3.05) is 6.61 Å². The van der Waals surface area contributed by atoms with Crippen LogP contribution in [-0.2, 0) is 11.4 Å². The van der Waals surface area contributed by atoms with Crippen molar-refractivity contribution < 1.29 is 19.1 Å². The maximum atomic E-state index is 11.9. The lowest BCUT2D eigenvalue weighted by atomic mass is 10.1. The van der Waals surface area contributed by atoms with Gasteiger partial charge in [-0.1, -0.05) is 42.5 Å². The lowest BCUT2D eigenvalue weighted by Crippen LogP contribution is -2.35. The van der Waals surface area contributed by atoms with Gasteiger partial charge in [0.2, 0.25) is 0 Å². The van der Waals surface area contributed by atoms with E-state index in [0.29, 0.717) is 30.3 Å². The van der Waals surface area contributed by atoms with Gasteiger partial charge in [0.15, 0.2) is 11.5 Å². The first-order valence-electron chi connectivity index (χ1n) is 9.60. The first-order chi connectivity index (χ1) is 15.0. The fourth-order valence-electron chi connectivity index (χ4n) is 2.99. The van der Waals surface area contributed by atoms with Crippen molar-refractivity contribution >= 4 is 28.8 Å². The van der Waals surface area contributed by atoms with Crippen LogP contribution in [0, 0.1) is 11.3 Å². The van der Waals surface area contributed by atoms with Crippen LogP contribution >= 0.6 is 0 Å². The predicted molar refractivity (Wildman–Crippen MR) is 117 cm³/mol. The van der Waals surface area contributed by atoms with Crippen molar-refractivity contribution in [2.24, 2.45) is 5.73 Å². The van der Waals surface area contributed by atoms with Gasteiger partial charge in [0.25, 0.3) is 5.91 Å². The van der Waals surface area contributed by atoms with Gasteiger partial charge in [0.05, 0.1) is 6.61 Å². The zero-order chi connectivity index (χ0) is 22.2. The van der Waals surface area contributed by atoms with Crippen LogP contribution in [0.1, 0.15) is 18.1 Å². The first kappa shape index (κ1) is 21.4. The third kappa shape index (κ3) is 5.61. The highest BCUT2D eigenvalue weighted by Crippen LogP contribution is 2.30. The zero-order valence-electron chi connectivity index (χ0n) is 16.9. The number of nitrogens with two attached hydrogens (primary N) is 1. The monoisotopic (exact) mass is 415 g/mol. The molecule has 3 aromatic carbocycles. The normalized spacial score (nSPS) is 10.9. The van der Waals surface area contributed by atoms with Crippen LogP contribution in [0.3, 0.4) is 0 Å². The Hall–Kier alpha value is -4.31. The maximum absolute atomic E-state index is 11.9. The highest BCUT2D eigenvalue weighted by Gasteiger charge is 2.12. The quantitative estimate of drug-likeness (QED) is 0.448. The molecule has 0 aliphatic carbocycles. The van der Waals surface area contributed by atoms with E-state index < -0.39 is 11.9 Å². The number of amides is 3. The third-order valence-electron chi connectivity index (χ3n) is 4.39. The van der Waals surface area contributed by atoms with Crippen molar-refractivity contribution in [1.82, 2.24) is 5.32 Å². The number of urea groups is 1. The summed E-state index contributed by atoms with van der Waals surface area (Å²) in [6.07, 6.45) is 1.34. The van der Waals surface area contributed by atoms with Crippen LogP contribution in [0.4, 0.5) is 4.79 Å². The number of carbonyl (C=O) groups excluding carboxylic acids is 2. The number of nitriles is 1. The topological polar surface area (TPSA) is 114 Å². The summed E-state index contributed by atoms with van der Waals surface area (Å²) in [5, 5.41) is 13.4. The van der Waals surface area contributed by atoms with Crippen molar-refractivity contribution in [2.45, 2.75) is 13.5 Å². The Labute approximate surface area is 179 Å². The minimum Gasteiger partial charge on any atom is -0.490 e. The summed E-state index contributed by atoms with van der Waals surface area (Å²) in [5.41, 5.74) is 6.23. The average Bonchev–Trinajstić information content (AvgIpc) is 2.76. The molecule has 0 fully saturated rings. The van der Waals surface area contributed by atoms with Gasteiger partial charge in [0, 0.05) is 0 Å². The van der Waals surface area contributed by atoms with Gasteiger partial charge in [-0.3, -0.25) is 10.1 Å². The minimum absolute atomic E-state index is 0.258. The lowest BCUT2D eigenvalue weighted by Gasteiger charge is -2.13. The molecule has 0 bridgehead atoms. The lowest BCUT2D eigenvalue weighted by molar-refractivity contribution is -0.115. The average molecular weight is 415 g/mol. The minimum atomic E-state index is -1.03. The second-order valence-electron chi connectivity index (χ2n) is 6.60. The van der Waals surface area contributed by atoms with E-state index in [0.717, 1.165) is 16.3 Å². The molecular formula is C24H21N3O4. The molecule has 0 heterocycles. The van der Waals surface area contributed by atoms with Gasteiger partial charge in [0.1, 0.15) is 18.2 Å². The fourth-order valence-corrected chi connectivity index (χ4v) is 2.99. The number of fused-ring (bicyclic) bond motifs is 1. The van der Waals surface area contributed by atoms with E-state index in [-0.39, 0.29) is 5.57 Å². The number of hydrogen-bond donors (Lipinski definition) is 2. The molecule has 0 aliphatic rings. The van der Waals surface area contributed by atoms with E-state index in [9.17, 15) is 14.9 Å². The van der Waals surface area contributed by atoms with Gasteiger partial charge in [-0.15, -0.1) is 0 Å². The molecule has 3 amide bonds. The Morgan fingerprint density at radius 1 is 1.03 bits per heavy atom. The fraction of sp³-hybridized carbons (Fsp3) is 0.125. The SMILES string of the molecule is CCOc1cc(/C=C(/C#N)C(=O)NC(N)=O)ccc1OCc1ccc2ccccc2c1. The molecule has 0 saturated carbocycles. The zero-order valence-corrected chi connectivity index (χ0v) is 16.9. The number of ether oxygens (including phenoxy) is 2. The van der Waals surface area contributed by atoms with Crippen molar-refractivity contribution in [3.8, 4) is 17.6 Å². The molecule has 0 radical (unpaired) electrons. The van der Waals surface area contributed by atoms with E-state index in [1.807, 2.05) is 42.6 Å². The highest BCUT2D eigenvalue weighted by molar-refractivity contribution is 6.08. The van der Waals surface area contributed by atoms with Crippen LogP contribution in [0.15, 0.2) is 66.2 Å². The van der Waals surface area contributed by atoms with Crippen molar-refractivity contribution in [3.05, 3.63) is 77.4 Å². The van der Waals surface area contributed by atoms with Crippen LogP contribution in [0.5, 0.6) is 11.5 Å². The molecule has 0 saturated heterocycles. The molecule has 0 aromatic heterocycles. The largest absolute Gasteiger partial charge is 0.490 e. The summed E-state index contributed by atoms with van der Waals surface area (Å²) < 4.78 is 11.6. The van der Waals surface area contributed by atoms with E-state index in [1.165, 1.54) is 6.08 Å². The van der Waals surface area contributed by atoms with Crippen LogP contribution in [0.25, 0.3) is 16.8 Å². The number of hydrogen-bond acceptors (Lipinski definition) is 5.